The SMILES string of the molecule is O=C1CC(c2cccc(O)c2)c2c(ccc3c(=O)c(-c4ccccc4)coc23)O1. The highest BCUT2D eigenvalue weighted by molar-refractivity contribution is 5.90. The second kappa shape index (κ2) is 6.63. The number of hydrogen-bond acceptors (Lipinski definition) is 5. The molecule has 0 aliphatic carbocycles. The van der Waals surface area contributed by atoms with E-state index in [1.807, 2.05) is 36.4 Å². The Morgan fingerprint density at radius 3 is 2.55 bits per heavy atom. The minimum absolute atomic E-state index is 0.0969. The van der Waals surface area contributed by atoms with Gasteiger partial charge in [0.2, 0.25) is 5.43 Å². The van der Waals surface area contributed by atoms with E-state index >= 15 is 0 Å². The fourth-order valence-electron chi connectivity index (χ4n) is 3.90. The minimum Gasteiger partial charge on any atom is -0.508 e. The average molecular weight is 384 g/mol. The van der Waals surface area contributed by atoms with Crippen LogP contribution in [-0.4, -0.2) is 11.1 Å². The topological polar surface area (TPSA) is 76.7 Å². The standard InChI is InChI=1S/C24H16O5/c25-16-8-4-7-15(11-16)18-12-21(26)29-20-10-9-17-23(27)19(13-28-24(17)22(18)20)14-5-2-1-3-6-14/h1-11,13,18,25H,12H2. The summed E-state index contributed by atoms with van der Waals surface area (Å²) >= 11 is 0. The lowest BCUT2D eigenvalue weighted by molar-refractivity contribution is -0.135. The summed E-state index contributed by atoms with van der Waals surface area (Å²) in [7, 11) is 0. The molecule has 0 bridgehead atoms. The van der Waals surface area contributed by atoms with Crippen LogP contribution in [0.2, 0.25) is 0 Å². The monoisotopic (exact) mass is 384 g/mol. The first-order valence-corrected chi connectivity index (χ1v) is 9.25. The number of aromatic hydroxyl groups is 1. The number of carbonyl (C=O) groups excluding carboxylic acids is 1. The van der Waals surface area contributed by atoms with E-state index in [9.17, 15) is 14.7 Å². The van der Waals surface area contributed by atoms with E-state index in [4.69, 9.17) is 9.15 Å². The molecule has 5 nitrogen and oxygen atoms in total. The molecule has 3 aromatic carbocycles. The van der Waals surface area contributed by atoms with Gasteiger partial charge in [0, 0.05) is 11.5 Å². The van der Waals surface area contributed by atoms with E-state index in [-0.39, 0.29) is 29.5 Å². The Hall–Kier alpha value is -3.86. The summed E-state index contributed by atoms with van der Waals surface area (Å²) < 4.78 is 11.4. The highest BCUT2D eigenvalue weighted by Crippen LogP contribution is 2.43. The Balaban J connectivity index is 1.76. The lowest BCUT2D eigenvalue weighted by atomic mass is 9.85. The summed E-state index contributed by atoms with van der Waals surface area (Å²) in [6.07, 6.45) is 1.55. The summed E-state index contributed by atoms with van der Waals surface area (Å²) in [5, 5.41) is 10.3. The van der Waals surface area contributed by atoms with Crippen molar-refractivity contribution in [2.75, 3.05) is 0 Å². The molecule has 1 unspecified atom stereocenters. The fraction of sp³-hybridized carbons (Fsp3) is 0.0833. The number of carbonyl (C=O) groups is 1. The van der Waals surface area contributed by atoms with Gasteiger partial charge in [-0.1, -0.05) is 42.5 Å². The fourth-order valence-corrected chi connectivity index (χ4v) is 3.90. The Bertz CT molecular complexity index is 1300. The van der Waals surface area contributed by atoms with Crippen molar-refractivity contribution in [3.05, 3.63) is 94.3 Å². The minimum atomic E-state index is -0.382. The van der Waals surface area contributed by atoms with E-state index in [0.29, 0.717) is 27.8 Å². The van der Waals surface area contributed by atoms with Crippen molar-refractivity contribution in [3.8, 4) is 22.6 Å². The molecule has 142 valence electrons. The van der Waals surface area contributed by atoms with Crippen molar-refractivity contribution in [2.45, 2.75) is 12.3 Å². The molecule has 0 spiro atoms. The highest BCUT2D eigenvalue weighted by Gasteiger charge is 2.32. The molecule has 0 fully saturated rings. The molecule has 5 rings (SSSR count). The van der Waals surface area contributed by atoms with Crippen LogP contribution in [0.5, 0.6) is 11.5 Å². The smallest absolute Gasteiger partial charge is 0.312 e. The Labute approximate surface area is 165 Å². The Morgan fingerprint density at radius 1 is 0.931 bits per heavy atom. The van der Waals surface area contributed by atoms with E-state index in [1.54, 1.807) is 30.3 Å². The van der Waals surface area contributed by atoms with Crippen LogP contribution in [0.3, 0.4) is 0 Å². The molecule has 4 aromatic rings. The van der Waals surface area contributed by atoms with Gasteiger partial charge in [-0.25, -0.2) is 0 Å². The number of rotatable bonds is 2. The van der Waals surface area contributed by atoms with Crippen LogP contribution in [0, 0.1) is 0 Å². The van der Waals surface area contributed by atoms with Gasteiger partial charge in [-0.05, 0) is 35.4 Å². The lowest BCUT2D eigenvalue weighted by Crippen LogP contribution is -2.22. The maximum absolute atomic E-state index is 13.2. The molecule has 0 saturated heterocycles. The van der Waals surface area contributed by atoms with Crippen molar-refractivity contribution >= 4 is 16.9 Å². The first-order chi connectivity index (χ1) is 14.1. The zero-order valence-electron chi connectivity index (χ0n) is 15.3. The van der Waals surface area contributed by atoms with Crippen molar-refractivity contribution in [1.29, 1.82) is 0 Å². The molecule has 2 heterocycles. The summed E-state index contributed by atoms with van der Waals surface area (Å²) in [5.41, 5.74) is 2.89. The van der Waals surface area contributed by atoms with Crippen LogP contribution < -0.4 is 10.2 Å². The molecule has 1 N–H and O–H groups in total. The molecule has 1 aromatic heterocycles. The molecule has 1 aliphatic rings. The number of phenols is 1. The quantitative estimate of drug-likeness (QED) is 0.404. The predicted octanol–water partition coefficient (Wildman–Crippen LogP) is 4.61. The van der Waals surface area contributed by atoms with E-state index < -0.39 is 0 Å². The van der Waals surface area contributed by atoms with Crippen LogP contribution in [-0.2, 0) is 4.79 Å². The van der Waals surface area contributed by atoms with Crippen molar-refractivity contribution < 1.29 is 19.1 Å². The Kier molecular flexibility index (Phi) is 3.95. The van der Waals surface area contributed by atoms with Crippen LogP contribution in [0.1, 0.15) is 23.5 Å². The summed E-state index contributed by atoms with van der Waals surface area (Å²) in [4.78, 5) is 25.3. The third kappa shape index (κ3) is 2.88. The largest absolute Gasteiger partial charge is 0.508 e. The van der Waals surface area contributed by atoms with Gasteiger partial charge in [-0.3, -0.25) is 9.59 Å². The molecule has 0 saturated carbocycles. The third-order valence-corrected chi connectivity index (χ3v) is 5.24. The molecule has 1 atom stereocenters. The maximum Gasteiger partial charge on any atom is 0.312 e. The summed E-state index contributed by atoms with van der Waals surface area (Å²) in [5.74, 6) is -0.269. The van der Waals surface area contributed by atoms with Crippen LogP contribution >= 0.6 is 0 Å². The van der Waals surface area contributed by atoms with Crippen LogP contribution in [0.25, 0.3) is 22.1 Å². The predicted molar refractivity (Wildman–Crippen MR) is 108 cm³/mol. The van der Waals surface area contributed by atoms with Crippen molar-refractivity contribution in [3.63, 3.8) is 0 Å². The number of hydrogen-bond donors (Lipinski definition) is 1. The number of esters is 1. The van der Waals surface area contributed by atoms with E-state index in [1.165, 1.54) is 6.26 Å². The second-order valence-corrected chi connectivity index (χ2v) is 7.02. The zero-order chi connectivity index (χ0) is 20.0. The average Bonchev–Trinajstić information content (AvgIpc) is 2.73. The lowest BCUT2D eigenvalue weighted by Gasteiger charge is -2.25. The van der Waals surface area contributed by atoms with Gasteiger partial charge in [0.25, 0.3) is 0 Å². The molecule has 0 amide bonds. The van der Waals surface area contributed by atoms with Gasteiger partial charge in [0.05, 0.1) is 17.4 Å². The van der Waals surface area contributed by atoms with Gasteiger partial charge in [-0.2, -0.15) is 0 Å². The zero-order valence-corrected chi connectivity index (χ0v) is 15.3. The first-order valence-electron chi connectivity index (χ1n) is 9.25. The first kappa shape index (κ1) is 17.3. The van der Waals surface area contributed by atoms with Gasteiger partial charge >= 0.3 is 5.97 Å². The van der Waals surface area contributed by atoms with E-state index in [2.05, 4.69) is 0 Å². The molecule has 5 heteroatoms. The van der Waals surface area contributed by atoms with Gasteiger partial charge in [0.1, 0.15) is 23.3 Å². The molecule has 0 radical (unpaired) electrons. The molecular formula is C24H16O5. The Morgan fingerprint density at radius 2 is 1.76 bits per heavy atom. The molecule has 29 heavy (non-hydrogen) atoms. The highest BCUT2D eigenvalue weighted by atomic mass is 16.5. The molecule has 1 aliphatic heterocycles. The van der Waals surface area contributed by atoms with Gasteiger partial charge < -0.3 is 14.3 Å². The molecular weight excluding hydrogens is 368 g/mol. The van der Waals surface area contributed by atoms with Crippen LogP contribution in [0.15, 0.2) is 82.2 Å². The number of fused-ring (bicyclic) bond motifs is 3. The summed E-state index contributed by atoms with van der Waals surface area (Å²) in [6.45, 7) is 0. The maximum atomic E-state index is 13.2. The second-order valence-electron chi connectivity index (χ2n) is 7.02. The third-order valence-electron chi connectivity index (χ3n) is 5.24. The summed E-state index contributed by atoms with van der Waals surface area (Å²) in [6, 6.07) is 19.3. The van der Waals surface area contributed by atoms with E-state index in [0.717, 1.165) is 11.1 Å². The van der Waals surface area contributed by atoms with Crippen molar-refractivity contribution in [1.82, 2.24) is 0 Å². The normalized spacial score (nSPS) is 15.7. The van der Waals surface area contributed by atoms with Crippen molar-refractivity contribution in [2.24, 2.45) is 0 Å². The number of phenolic OH excluding ortho intramolecular Hbond substituents is 1. The van der Waals surface area contributed by atoms with Gasteiger partial charge in [-0.15, -0.1) is 0 Å². The number of ether oxygens (including phenoxy) is 1. The number of benzene rings is 3. The van der Waals surface area contributed by atoms with Gasteiger partial charge in [0.15, 0.2) is 0 Å². The van der Waals surface area contributed by atoms with Crippen LogP contribution in [0.4, 0.5) is 0 Å².